The lowest BCUT2D eigenvalue weighted by molar-refractivity contribution is -0.116. The Labute approximate surface area is 128 Å². The van der Waals surface area contributed by atoms with Gasteiger partial charge in [0.05, 0.1) is 17.3 Å². The number of amides is 3. The highest BCUT2D eigenvalue weighted by Crippen LogP contribution is 2.22. The highest BCUT2D eigenvalue weighted by Gasteiger charge is 2.36. The molecule has 0 atom stereocenters. The quantitative estimate of drug-likeness (QED) is 0.859. The van der Waals surface area contributed by atoms with Gasteiger partial charge in [0, 0.05) is 0 Å². The molecule has 7 nitrogen and oxygen atoms in total. The fraction of sp³-hybridized carbons (Fsp3) is 0.0714. The van der Waals surface area contributed by atoms with E-state index >= 15 is 0 Å². The van der Waals surface area contributed by atoms with E-state index in [9.17, 15) is 14.4 Å². The Bertz CT molecular complexity index is 802. The van der Waals surface area contributed by atoms with Crippen LogP contribution < -0.4 is 5.32 Å². The molecular weight excluding hydrogens is 304 g/mol. The summed E-state index contributed by atoms with van der Waals surface area (Å²) < 4.78 is 0. The van der Waals surface area contributed by atoms with Gasteiger partial charge in [-0.15, -0.1) is 0 Å². The molecule has 0 saturated heterocycles. The number of imide groups is 1. The van der Waals surface area contributed by atoms with Crippen LogP contribution in [-0.4, -0.2) is 34.2 Å². The second kappa shape index (κ2) is 5.38. The van der Waals surface area contributed by atoms with Crippen LogP contribution in [-0.2, 0) is 4.79 Å². The first kappa shape index (κ1) is 13.9. The molecule has 22 heavy (non-hydrogen) atoms. The molecule has 0 spiro atoms. The van der Waals surface area contributed by atoms with Gasteiger partial charge in [-0.3, -0.25) is 19.3 Å². The summed E-state index contributed by atoms with van der Waals surface area (Å²) in [6.45, 7) is -0.395. The molecule has 2 heterocycles. The molecule has 3 amide bonds. The largest absolute Gasteiger partial charge is 0.300 e. The topological polar surface area (TPSA) is 103 Å². The van der Waals surface area contributed by atoms with E-state index in [0.29, 0.717) is 16.0 Å². The average Bonchev–Trinajstić information content (AvgIpc) is 3.06. The normalized spacial score (nSPS) is 13.0. The lowest BCUT2D eigenvalue weighted by Crippen LogP contribution is -2.37. The first-order chi connectivity index (χ1) is 10.6. The summed E-state index contributed by atoms with van der Waals surface area (Å²) >= 11 is 1.02. The number of hydrogen-bond donors (Lipinski definition) is 1. The highest BCUT2D eigenvalue weighted by atomic mass is 32.1. The van der Waals surface area contributed by atoms with Crippen LogP contribution in [0.2, 0.25) is 0 Å². The molecule has 0 aliphatic carbocycles. The summed E-state index contributed by atoms with van der Waals surface area (Å²) in [5.41, 5.74) is 0.586. The highest BCUT2D eigenvalue weighted by molar-refractivity contribution is 7.16. The predicted molar refractivity (Wildman–Crippen MR) is 77.3 cm³/mol. The number of nitrogens with zero attached hydrogens (tertiary/aromatic N) is 3. The van der Waals surface area contributed by atoms with Crippen LogP contribution in [0.3, 0.4) is 0 Å². The number of nitrogens with one attached hydrogen (secondary N) is 1. The summed E-state index contributed by atoms with van der Waals surface area (Å²) in [5.74, 6) is -1.53. The molecule has 1 aromatic heterocycles. The maximum absolute atomic E-state index is 12.1. The van der Waals surface area contributed by atoms with E-state index in [-0.39, 0.29) is 5.13 Å². The minimum Gasteiger partial charge on any atom is -0.300 e. The first-order valence-electron chi connectivity index (χ1n) is 6.21. The molecule has 0 saturated carbocycles. The lowest BCUT2D eigenvalue weighted by atomic mass is 10.1. The number of nitriles is 1. The number of anilines is 1. The summed E-state index contributed by atoms with van der Waals surface area (Å²) in [6.07, 6.45) is 1.34. The number of fused-ring (bicyclic) bond motifs is 1. The molecule has 2 aromatic rings. The minimum atomic E-state index is -0.548. The average molecular weight is 312 g/mol. The summed E-state index contributed by atoms with van der Waals surface area (Å²) in [6, 6.07) is 8.32. The molecule has 8 heteroatoms. The van der Waals surface area contributed by atoms with Gasteiger partial charge < -0.3 is 5.32 Å². The Hall–Kier alpha value is -3.05. The molecule has 0 radical (unpaired) electrons. The zero-order valence-corrected chi connectivity index (χ0v) is 11.9. The zero-order valence-electron chi connectivity index (χ0n) is 11.1. The van der Waals surface area contributed by atoms with Crippen molar-refractivity contribution >= 4 is 34.2 Å². The molecule has 3 rings (SSSR count). The maximum Gasteiger partial charge on any atom is 0.262 e. The number of benzene rings is 1. The SMILES string of the molecule is N#Cc1cnc(NC(=O)CN2C(=O)c3ccccc3C2=O)s1. The minimum absolute atomic E-state index is 0.248. The van der Waals surface area contributed by atoms with Crippen molar-refractivity contribution in [3.05, 3.63) is 46.5 Å². The van der Waals surface area contributed by atoms with Crippen molar-refractivity contribution < 1.29 is 14.4 Å². The molecule has 1 aliphatic rings. The van der Waals surface area contributed by atoms with Crippen molar-refractivity contribution in [2.45, 2.75) is 0 Å². The van der Waals surface area contributed by atoms with Gasteiger partial charge >= 0.3 is 0 Å². The van der Waals surface area contributed by atoms with Gasteiger partial charge in [0.1, 0.15) is 17.5 Å². The first-order valence-corrected chi connectivity index (χ1v) is 7.03. The Balaban J connectivity index is 1.72. The Morgan fingerprint density at radius 3 is 2.45 bits per heavy atom. The molecule has 1 N–H and O–H groups in total. The summed E-state index contributed by atoms with van der Waals surface area (Å²) in [4.78, 5) is 41.3. The molecule has 0 fully saturated rings. The van der Waals surface area contributed by atoms with E-state index < -0.39 is 24.3 Å². The maximum atomic E-state index is 12.1. The molecule has 0 unspecified atom stereocenters. The van der Waals surface area contributed by atoms with Gasteiger partial charge in [0.25, 0.3) is 11.8 Å². The number of hydrogen-bond acceptors (Lipinski definition) is 6. The van der Waals surface area contributed by atoms with E-state index in [2.05, 4.69) is 10.3 Å². The Morgan fingerprint density at radius 2 is 1.91 bits per heavy atom. The standard InChI is InChI=1S/C14H8N4O3S/c15-5-8-6-16-14(22-8)17-11(19)7-18-12(20)9-3-1-2-4-10(9)13(18)21/h1-4,6H,7H2,(H,16,17,19). The third-order valence-corrected chi connectivity index (χ3v) is 3.86. The molecule has 1 aliphatic heterocycles. The number of carbonyl (C=O) groups is 3. The third-order valence-electron chi connectivity index (χ3n) is 3.04. The van der Waals surface area contributed by atoms with Crippen LogP contribution in [0, 0.1) is 11.3 Å². The van der Waals surface area contributed by atoms with Crippen molar-refractivity contribution in [2.24, 2.45) is 0 Å². The fourth-order valence-corrected chi connectivity index (χ4v) is 2.70. The fourth-order valence-electron chi connectivity index (χ4n) is 2.07. The van der Waals surface area contributed by atoms with E-state index in [1.807, 2.05) is 6.07 Å². The van der Waals surface area contributed by atoms with Crippen LogP contribution in [0.4, 0.5) is 5.13 Å². The van der Waals surface area contributed by atoms with Crippen molar-refractivity contribution in [2.75, 3.05) is 11.9 Å². The molecule has 108 valence electrons. The van der Waals surface area contributed by atoms with Gasteiger partial charge in [0.15, 0.2) is 5.13 Å². The summed E-state index contributed by atoms with van der Waals surface area (Å²) in [7, 11) is 0. The smallest absolute Gasteiger partial charge is 0.262 e. The second-order valence-corrected chi connectivity index (χ2v) is 5.46. The summed E-state index contributed by atoms with van der Waals surface area (Å²) in [5, 5.41) is 11.4. The Morgan fingerprint density at radius 1 is 1.27 bits per heavy atom. The van der Waals surface area contributed by atoms with Gasteiger partial charge in [-0.05, 0) is 12.1 Å². The number of rotatable bonds is 3. The van der Waals surface area contributed by atoms with E-state index in [4.69, 9.17) is 5.26 Å². The number of thiazole rings is 1. The lowest BCUT2D eigenvalue weighted by Gasteiger charge is -2.12. The van der Waals surface area contributed by atoms with Crippen LogP contribution >= 0.6 is 11.3 Å². The van der Waals surface area contributed by atoms with Crippen molar-refractivity contribution in [1.82, 2.24) is 9.88 Å². The number of carbonyl (C=O) groups excluding carboxylic acids is 3. The number of aromatic nitrogens is 1. The van der Waals surface area contributed by atoms with Crippen LogP contribution in [0.25, 0.3) is 0 Å². The second-order valence-electron chi connectivity index (χ2n) is 4.43. The van der Waals surface area contributed by atoms with Gasteiger partial charge in [-0.25, -0.2) is 4.98 Å². The monoisotopic (exact) mass is 312 g/mol. The van der Waals surface area contributed by atoms with Gasteiger partial charge in [0.2, 0.25) is 5.91 Å². The third kappa shape index (κ3) is 2.34. The Kier molecular flexibility index (Phi) is 3.40. The van der Waals surface area contributed by atoms with E-state index in [1.165, 1.54) is 6.20 Å². The van der Waals surface area contributed by atoms with Crippen molar-refractivity contribution in [1.29, 1.82) is 5.26 Å². The van der Waals surface area contributed by atoms with Crippen molar-refractivity contribution in [3.63, 3.8) is 0 Å². The van der Waals surface area contributed by atoms with Crippen LogP contribution in [0.15, 0.2) is 30.5 Å². The van der Waals surface area contributed by atoms with Crippen molar-refractivity contribution in [3.8, 4) is 6.07 Å². The van der Waals surface area contributed by atoms with E-state index in [1.54, 1.807) is 24.3 Å². The molecular formula is C14H8N4O3S. The predicted octanol–water partition coefficient (Wildman–Crippen LogP) is 1.25. The van der Waals surface area contributed by atoms with Crippen LogP contribution in [0.5, 0.6) is 0 Å². The van der Waals surface area contributed by atoms with Gasteiger partial charge in [-0.2, -0.15) is 5.26 Å². The van der Waals surface area contributed by atoms with Crippen LogP contribution in [0.1, 0.15) is 25.6 Å². The van der Waals surface area contributed by atoms with Gasteiger partial charge in [-0.1, -0.05) is 23.5 Å². The van der Waals surface area contributed by atoms with E-state index in [0.717, 1.165) is 16.2 Å². The molecule has 0 bridgehead atoms. The molecule has 1 aromatic carbocycles. The zero-order chi connectivity index (χ0) is 15.7.